The molecule has 2 atom stereocenters. The van der Waals surface area contributed by atoms with Crippen LogP contribution in [0.3, 0.4) is 0 Å². The number of hydrogen-bond acceptors (Lipinski definition) is 7. The van der Waals surface area contributed by atoms with E-state index in [9.17, 15) is 19.7 Å². The molecule has 1 aromatic carbocycles. The van der Waals surface area contributed by atoms with Crippen molar-refractivity contribution < 1.29 is 19.2 Å². The molecule has 2 fully saturated rings. The molecule has 0 aliphatic carbocycles. The Labute approximate surface area is 134 Å². The Morgan fingerprint density at radius 1 is 1.45 bits per heavy atom. The number of thioether (sulfide) groups is 1. The highest BCUT2D eigenvalue weighted by molar-refractivity contribution is 8.24. The van der Waals surface area contributed by atoms with Gasteiger partial charge in [0.25, 0.3) is 5.69 Å². The molecule has 0 saturated carbocycles. The van der Waals surface area contributed by atoms with Gasteiger partial charge in [0.15, 0.2) is 6.04 Å². The third-order valence-electron chi connectivity index (χ3n) is 3.45. The SMILES string of the molecule is O=C(OCc1ccc([N+](=O)[O-])cc1)C1C(=S)SC2CC(=O)N21. The van der Waals surface area contributed by atoms with Crippen molar-refractivity contribution in [2.45, 2.75) is 24.4 Å². The lowest BCUT2D eigenvalue weighted by atomic mass is 10.1. The fraction of sp³-hybridized carbons (Fsp3) is 0.308. The molecular weight excluding hydrogens is 328 g/mol. The lowest BCUT2D eigenvalue weighted by molar-refractivity contribution is -0.384. The minimum atomic E-state index is -0.802. The number of esters is 1. The summed E-state index contributed by atoms with van der Waals surface area (Å²) in [6.45, 7) is -0.0205. The minimum Gasteiger partial charge on any atom is -0.459 e. The van der Waals surface area contributed by atoms with Gasteiger partial charge in [0.2, 0.25) is 5.91 Å². The van der Waals surface area contributed by atoms with Crippen molar-refractivity contribution in [1.82, 2.24) is 4.90 Å². The smallest absolute Gasteiger partial charge is 0.335 e. The first kappa shape index (κ1) is 14.9. The van der Waals surface area contributed by atoms with E-state index < -0.39 is 16.9 Å². The molecule has 2 unspecified atom stereocenters. The summed E-state index contributed by atoms with van der Waals surface area (Å²) in [6.07, 6.45) is 0.400. The molecule has 0 N–H and O–H groups in total. The van der Waals surface area contributed by atoms with E-state index in [1.54, 1.807) is 0 Å². The molecule has 3 rings (SSSR count). The molecule has 0 radical (unpaired) electrons. The number of nitro benzene ring substituents is 1. The van der Waals surface area contributed by atoms with Crippen LogP contribution in [0.2, 0.25) is 0 Å². The number of fused-ring (bicyclic) bond motifs is 1. The lowest BCUT2D eigenvalue weighted by Crippen LogP contribution is -2.55. The fourth-order valence-electron chi connectivity index (χ4n) is 2.28. The zero-order chi connectivity index (χ0) is 15.9. The average molecular weight is 338 g/mol. The first-order valence-corrected chi connectivity index (χ1v) is 7.68. The fourth-order valence-corrected chi connectivity index (χ4v) is 4.01. The quantitative estimate of drug-likeness (QED) is 0.271. The maximum Gasteiger partial charge on any atom is 0.335 e. The first-order valence-electron chi connectivity index (χ1n) is 6.39. The third-order valence-corrected chi connectivity index (χ3v) is 5.09. The van der Waals surface area contributed by atoms with Gasteiger partial charge in [-0.25, -0.2) is 4.79 Å². The van der Waals surface area contributed by atoms with E-state index in [1.165, 1.54) is 40.9 Å². The molecule has 2 saturated heterocycles. The maximum atomic E-state index is 12.1. The van der Waals surface area contributed by atoms with E-state index >= 15 is 0 Å². The number of β-lactam (4-membered cyclic amide) rings is 1. The number of thiocarbonyl (C=S) groups is 1. The zero-order valence-electron chi connectivity index (χ0n) is 11.1. The van der Waals surface area contributed by atoms with E-state index in [0.717, 1.165) is 0 Å². The van der Waals surface area contributed by atoms with Gasteiger partial charge in [0, 0.05) is 12.1 Å². The van der Waals surface area contributed by atoms with E-state index in [4.69, 9.17) is 17.0 Å². The number of nitro groups is 1. The molecule has 0 aromatic heterocycles. The summed E-state index contributed by atoms with van der Waals surface area (Å²) in [5.74, 6) is -0.666. The van der Waals surface area contributed by atoms with E-state index in [0.29, 0.717) is 16.2 Å². The molecule has 1 aromatic rings. The van der Waals surface area contributed by atoms with Gasteiger partial charge in [0.05, 0.1) is 20.9 Å². The van der Waals surface area contributed by atoms with Gasteiger partial charge < -0.3 is 9.64 Å². The van der Waals surface area contributed by atoms with Crippen LogP contribution in [0.1, 0.15) is 12.0 Å². The van der Waals surface area contributed by atoms with Crippen LogP contribution >= 0.6 is 24.0 Å². The summed E-state index contributed by atoms with van der Waals surface area (Å²) in [5.41, 5.74) is 0.597. The molecule has 2 aliphatic heterocycles. The normalized spacial score (nSPS) is 23.0. The van der Waals surface area contributed by atoms with Crippen molar-refractivity contribution in [3.63, 3.8) is 0 Å². The van der Waals surface area contributed by atoms with Gasteiger partial charge in [-0.3, -0.25) is 14.9 Å². The van der Waals surface area contributed by atoms with Crippen molar-refractivity contribution >= 4 is 45.7 Å². The van der Waals surface area contributed by atoms with Gasteiger partial charge in [0.1, 0.15) is 6.61 Å². The van der Waals surface area contributed by atoms with Crippen molar-refractivity contribution in [3.05, 3.63) is 39.9 Å². The number of rotatable bonds is 4. The summed E-state index contributed by atoms with van der Waals surface area (Å²) in [4.78, 5) is 35.2. The predicted molar refractivity (Wildman–Crippen MR) is 82.1 cm³/mol. The highest BCUT2D eigenvalue weighted by Crippen LogP contribution is 2.41. The second-order valence-electron chi connectivity index (χ2n) is 4.83. The molecular formula is C13H10N2O5S2. The van der Waals surface area contributed by atoms with Crippen LogP contribution in [0.5, 0.6) is 0 Å². The van der Waals surface area contributed by atoms with Gasteiger partial charge >= 0.3 is 5.97 Å². The molecule has 0 spiro atoms. The molecule has 9 heteroatoms. The largest absolute Gasteiger partial charge is 0.459 e. The molecule has 114 valence electrons. The highest BCUT2D eigenvalue weighted by Gasteiger charge is 2.53. The van der Waals surface area contributed by atoms with Gasteiger partial charge in [-0.15, -0.1) is 0 Å². The predicted octanol–water partition coefficient (Wildman–Crippen LogP) is 1.64. The van der Waals surface area contributed by atoms with Crippen LogP contribution in [0.25, 0.3) is 0 Å². The van der Waals surface area contributed by atoms with Gasteiger partial charge in [-0.2, -0.15) is 0 Å². The molecule has 0 bridgehead atoms. The summed E-state index contributed by atoms with van der Waals surface area (Å²) in [5, 5.41) is 10.5. The summed E-state index contributed by atoms with van der Waals surface area (Å²) in [7, 11) is 0. The van der Waals surface area contributed by atoms with Crippen molar-refractivity contribution in [1.29, 1.82) is 0 Å². The summed E-state index contributed by atoms with van der Waals surface area (Å²) in [6, 6.07) is 4.92. The van der Waals surface area contributed by atoms with Crippen LogP contribution in [-0.4, -0.2) is 37.3 Å². The van der Waals surface area contributed by atoms with Gasteiger partial charge in [-0.05, 0) is 17.7 Å². The Hall–Kier alpha value is -2.00. The second kappa shape index (κ2) is 5.65. The van der Waals surface area contributed by atoms with Crippen LogP contribution in [0, 0.1) is 10.1 Å². The highest BCUT2D eigenvalue weighted by atomic mass is 32.2. The Morgan fingerprint density at radius 3 is 2.73 bits per heavy atom. The molecule has 2 heterocycles. The Morgan fingerprint density at radius 2 is 2.14 bits per heavy atom. The van der Waals surface area contributed by atoms with Crippen molar-refractivity contribution in [2.24, 2.45) is 0 Å². The average Bonchev–Trinajstić information content (AvgIpc) is 2.76. The molecule has 22 heavy (non-hydrogen) atoms. The van der Waals surface area contributed by atoms with Crippen LogP contribution in [0.15, 0.2) is 24.3 Å². The number of nitrogens with zero attached hydrogens (tertiary/aromatic N) is 2. The van der Waals surface area contributed by atoms with Gasteiger partial charge in [-0.1, -0.05) is 24.0 Å². The maximum absolute atomic E-state index is 12.1. The van der Waals surface area contributed by atoms with Crippen LogP contribution < -0.4 is 0 Å². The Balaban J connectivity index is 1.61. The van der Waals surface area contributed by atoms with Crippen molar-refractivity contribution in [3.8, 4) is 0 Å². The summed E-state index contributed by atoms with van der Waals surface area (Å²) >= 11 is 6.48. The third kappa shape index (κ3) is 2.57. The van der Waals surface area contributed by atoms with Crippen molar-refractivity contribution in [2.75, 3.05) is 0 Å². The van der Waals surface area contributed by atoms with Crippen LogP contribution in [-0.2, 0) is 20.9 Å². The molecule has 2 aliphatic rings. The topological polar surface area (TPSA) is 89.7 Å². The van der Waals surface area contributed by atoms with Crippen LogP contribution in [0.4, 0.5) is 5.69 Å². The standard InChI is InChI=1S/C13H10N2O5S2/c16-9-5-10-14(9)11(13(21)22-10)12(17)20-6-7-1-3-8(4-2-7)15(18)19/h1-4,10-11H,5-6H2. The van der Waals surface area contributed by atoms with E-state index in [-0.39, 0.29) is 23.6 Å². The summed E-state index contributed by atoms with van der Waals surface area (Å²) < 4.78 is 5.63. The van der Waals surface area contributed by atoms with E-state index in [1.807, 2.05) is 0 Å². The Bertz CT molecular complexity index is 676. The first-order chi connectivity index (χ1) is 10.5. The lowest BCUT2D eigenvalue weighted by Gasteiger charge is -2.35. The number of carbonyl (C=O) groups excluding carboxylic acids is 2. The molecule has 1 amide bonds. The number of amides is 1. The Kier molecular flexibility index (Phi) is 3.83. The number of non-ortho nitro benzene ring substituents is 1. The number of hydrogen-bond donors (Lipinski definition) is 0. The zero-order valence-corrected chi connectivity index (χ0v) is 12.8. The number of benzene rings is 1. The number of carbonyl (C=O) groups is 2. The minimum absolute atomic E-state index is 0.0205. The molecule has 7 nitrogen and oxygen atoms in total. The second-order valence-corrected chi connectivity index (χ2v) is 6.75. The van der Waals surface area contributed by atoms with E-state index in [2.05, 4.69) is 0 Å². The monoisotopic (exact) mass is 338 g/mol. The number of ether oxygens (including phenoxy) is 1.